The minimum atomic E-state index is -0.543. The zero-order valence-electron chi connectivity index (χ0n) is 11.0. The molecule has 0 bridgehead atoms. The molecule has 0 atom stereocenters. The van der Waals surface area contributed by atoms with E-state index in [1.54, 1.807) is 0 Å². The van der Waals surface area contributed by atoms with Crippen molar-refractivity contribution in [2.45, 2.75) is 33.3 Å². The lowest BCUT2D eigenvalue weighted by Crippen LogP contribution is -2.36. The average Bonchev–Trinajstić information content (AvgIpc) is 2.19. The number of nitrogens with zero attached hydrogens (tertiary/aromatic N) is 1. The van der Waals surface area contributed by atoms with Gasteiger partial charge in [0.1, 0.15) is 5.60 Å². The number of benzene rings is 1. The highest BCUT2D eigenvalue weighted by atomic mass is 16.7. The van der Waals surface area contributed by atoms with E-state index in [2.05, 4.69) is 0 Å². The van der Waals surface area contributed by atoms with Crippen LogP contribution < -0.4 is 5.06 Å². The molecule has 1 aromatic rings. The van der Waals surface area contributed by atoms with Crippen LogP contribution in [0.5, 0.6) is 0 Å². The number of aryl methyl sites for hydroxylation is 1. The number of hydrogen-bond donors (Lipinski definition) is 0. The van der Waals surface area contributed by atoms with Gasteiger partial charge >= 0.3 is 6.09 Å². The van der Waals surface area contributed by atoms with E-state index in [0.717, 1.165) is 10.6 Å². The second kappa shape index (κ2) is 5.19. The molecular formula is C13H19NO3. The van der Waals surface area contributed by atoms with Gasteiger partial charge in [0.15, 0.2) is 0 Å². The Morgan fingerprint density at radius 1 is 1.18 bits per heavy atom. The third-order valence-electron chi connectivity index (χ3n) is 2.01. The van der Waals surface area contributed by atoms with Gasteiger partial charge in [0, 0.05) is 0 Å². The van der Waals surface area contributed by atoms with Crippen LogP contribution in [0.25, 0.3) is 0 Å². The third-order valence-corrected chi connectivity index (χ3v) is 2.01. The molecule has 17 heavy (non-hydrogen) atoms. The predicted molar refractivity (Wildman–Crippen MR) is 66.9 cm³/mol. The van der Waals surface area contributed by atoms with Crippen LogP contribution in [0.3, 0.4) is 0 Å². The standard InChI is InChI=1S/C13H19NO3/c1-10-6-8-11(9-7-10)14(16-5)12(15)17-13(2,3)4/h6-9H,1-5H3. The lowest BCUT2D eigenvalue weighted by atomic mass is 10.2. The number of rotatable bonds is 2. The molecule has 0 heterocycles. The fourth-order valence-corrected chi connectivity index (χ4v) is 1.27. The first-order valence-corrected chi connectivity index (χ1v) is 5.47. The van der Waals surface area contributed by atoms with Crippen LogP contribution in [0, 0.1) is 6.92 Å². The third kappa shape index (κ3) is 4.07. The number of anilines is 1. The van der Waals surface area contributed by atoms with E-state index in [0.29, 0.717) is 5.69 Å². The summed E-state index contributed by atoms with van der Waals surface area (Å²) in [6.07, 6.45) is -0.524. The topological polar surface area (TPSA) is 38.8 Å². The number of carbonyl (C=O) groups excluding carboxylic acids is 1. The van der Waals surface area contributed by atoms with Gasteiger partial charge in [-0.2, -0.15) is 5.06 Å². The molecule has 0 aliphatic heterocycles. The van der Waals surface area contributed by atoms with Gasteiger partial charge < -0.3 is 4.74 Å². The number of hydroxylamine groups is 1. The van der Waals surface area contributed by atoms with Crippen molar-refractivity contribution in [3.05, 3.63) is 29.8 Å². The maximum absolute atomic E-state index is 11.9. The van der Waals surface area contributed by atoms with Gasteiger partial charge in [-0.25, -0.2) is 4.79 Å². The SMILES string of the molecule is CON(C(=O)OC(C)(C)C)c1ccc(C)cc1. The summed E-state index contributed by atoms with van der Waals surface area (Å²) in [7, 11) is 1.43. The van der Waals surface area contributed by atoms with Crippen LogP contribution in [0.2, 0.25) is 0 Å². The van der Waals surface area contributed by atoms with Gasteiger partial charge in [0.05, 0.1) is 12.8 Å². The van der Waals surface area contributed by atoms with E-state index in [1.807, 2.05) is 52.0 Å². The fraction of sp³-hybridized carbons (Fsp3) is 0.462. The van der Waals surface area contributed by atoms with Crippen molar-refractivity contribution in [1.29, 1.82) is 0 Å². The number of amides is 1. The summed E-state index contributed by atoms with van der Waals surface area (Å²) in [4.78, 5) is 16.9. The number of ether oxygens (including phenoxy) is 1. The van der Waals surface area contributed by atoms with Crippen LogP contribution in [-0.2, 0) is 9.57 Å². The molecule has 0 N–H and O–H groups in total. The zero-order chi connectivity index (χ0) is 13.1. The van der Waals surface area contributed by atoms with Gasteiger partial charge in [-0.15, -0.1) is 0 Å². The van der Waals surface area contributed by atoms with Crippen molar-refractivity contribution in [2.75, 3.05) is 12.2 Å². The lowest BCUT2D eigenvalue weighted by Gasteiger charge is -2.25. The molecule has 0 aliphatic carbocycles. The highest BCUT2D eigenvalue weighted by Gasteiger charge is 2.23. The van der Waals surface area contributed by atoms with Gasteiger partial charge in [-0.05, 0) is 39.8 Å². The summed E-state index contributed by atoms with van der Waals surface area (Å²) < 4.78 is 5.24. The van der Waals surface area contributed by atoms with Crippen LogP contribution >= 0.6 is 0 Å². The molecule has 0 unspecified atom stereocenters. The Morgan fingerprint density at radius 3 is 2.12 bits per heavy atom. The molecular weight excluding hydrogens is 218 g/mol. The minimum Gasteiger partial charge on any atom is -0.442 e. The molecule has 4 nitrogen and oxygen atoms in total. The molecule has 0 aromatic heterocycles. The highest BCUT2D eigenvalue weighted by molar-refractivity contribution is 5.85. The summed E-state index contributed by atoms with van der Waals surface area (Å²) in [5, 5.41) is 1.13. The van der Waals surface area contributed by atoms with Crippen LogP contribution in [0.4, 0.5) is 10.5 Å². The van der Waals surface area contributed by atoms with Gasteiger partial charge in [-0.1, -0.05) is 17.7 Å². The van der Waals surface area contributed by atoms with E-state index in [-0.39, 0.29) is 0 Å². The van der Waals surface area contributed by atoms with Gasteiger partial charge in [0.25, 0.3) is 0 Å². The molecule has 94 valence electrons. The summed E-state index contributed by atoms with van der Waals surface area (Å²) >= 11 is 0. The van der Waals surface area contributed by atoms with Crippen molar-refractivity contribution < 1.29 is 14.4 Å². The average molecular weight is 237 g/mol. The van der Waals surface area contributed by atoms with E-state index < -0.39 is 11.7 Å². The zero-order valence-corrected chi connectivity index (χ0v) is 11.0. The van der Waals surface area contributed by atoms with E-state index >= 15 is 0 Å². The van der Waals surface area contributed by atoms with Gasteiger partial charge in [0.2, 0.25) is 0 Å². The summed E-state index contributed by atoms with van der Waals surface area (Å²) in [5.74, 6) is 0. The Labute approximate surface area is 102 Å². The first kappa shape index (κ1) is 13.5. The molecule has 0 aliphatic rings. The monoisotopic (exact) mass is 237 g/mol. The summed E-state index contributed by atoms with van der Waals surface area (Å²) in [5.41, 5.74) is 1.22. The second-order valence-electron chi connectivity index (χ2n) is 4.79. The number of hydrogen-bond acceptors (Lipinski definition) is 3. The molecule has 1 rings (SSSR count). The maximum Gasteiger partial charge on any atom is 0.439 e. The fourth-order valence-electron chi connectivity index (χ4n) is 1.27. The van der Waals surface area contributed by atoms with Crippen molar-refractivity contribution in [3.63, 3.8) is 0 Å². The number of carbonyl (C=O) groups is 1. The molecule has 0 spiro atoms. The Morgan fingerprint density at radius 2 is 1.71 bits per heavy atom. The van der Waals surface area contributed by atoms with Crippen molar-refractivity contribution >= 4 is 11.8 Å². The van der Waals surface area contributed by atoms with Crippen molar-refractivity contribution in [1.82, 2.24) is 0 Å². The molecule has 0 saturated carbocycles. The summed E-state index contributed by atoms with van der Waals surface area (Å²) in [6, 6.07) is 7.43. The van der Waals surface area contributed by atoms with Gasteiger partial charge in [-0.3, -0.25) is 4.84 Å². The molecule has 0 radical (unpaired) electrons. The van der Waals surface area contributed by atoms with Crippen LogP contribution in [0.15, 0.2) is 24.3 Å². The van der Waals surface area contributed by atoms with E-state index in [4.69, 9.17) is 9.57 Å². The van der Waals surface area contributed by atoms with Crippen LogP contribution in [0.1, 0.15) is 26.3 Å². The molecule has 0 fully saturated rings. The first-order chi connectivity index (χ1) is 7.83. The van der Waals surface area contributed by atoms with Crippen molar-refractivity contribution in [2.24, 2.45) is 0 Å². The lowest BCUT2D eigenvalue weighted by molar-refractivity contribution is 0.0328. The molecule has 0 saturated heterocycles. The Kier molecular flexibility index (Phi) is 4.12. The largest absolute Gasteiger partial charge is 0.442 e. The minimum absolute atomic E-state index is 0.524. The Hall–Kier alpha value is -1.55. The van der Waals surface area contributed by atoms with E-state index in [9.17, 15) is 4.79 Å². The first-order valence-electron chi connectivity index (χ1n) is 5.47. The van der Waals surface area contributed by atoms with Crippen molar-refractivity contribution in [3.8, 4) is 0 Å². The highest BCUT2D eigenvalue weighted by Crippen LogP contribution is 2.18. The summed E-state index contributed by atoms with van der Waals surface area (Å²) in [6.45, 7) is 7.42. The van der Waals surface area contributed by atoms with E-state index in [1.165, 1.54) is 7.11 Å². The maximum atomic E-state index is 11.9. The Balaban J connectivity index is 2.84. The smallest absolute Gasteiger partial charge is 0.439 e. The predicted octanol–water partition coefficient (Wildman–Crippen LogP) is 3.30. The van der Waals surface area contributed by atoms with Crippen LogP contribution in [-0.4, -0.2) is 18.8 Å². The molecule has 1 amide bonds. The quantitative estimate of drug-likeness (QED) is 0.741. The molecule has 4 heteroatoms. The Bertz CT molecular complexity index is 379. The second-order valence-corrected chi connectivity index (χ2v) is 4.79. The normalized spacial score (nSPS) is 11.1. The molecule has 1 aromatic carbocycles.